The molecular weight excluding hydrogens is 252 g/mol. The van der Waals surface area contributed by atoms with Gasteiger partial charge < -0.3 is 10.1 Å². The number of nitrogens with one attached hydrogen (secondary N) is 2. The van der Waals surface area contributed by atoms with Crippen LogP contribution in [0.15, 0.2) is 42.7 Å². The summed E-state index contributed by atoms with van der Waals surface area (Å²) in [7, 11) is 0. The summed E-state index contributed by atoms with van der Waals surface area (Å²) in [4.78, 5) is 4.13. The molecule has 1 atom stereocenters. The van der Waals surface area contributed by atoms with Crippen LogP contribution in [-0.2, 0) is 6.54 Å². The molecule has 2 aromatic rings. The van der Waals surface area contributed by atoms with E-state index in [-0.39, 0.29) is 6.04 Å². The summed E-state index contributed by atoms with van der Waals surface area (Å²) in [5.74, 6) is 1.69. The first-order valence-corrected chi connectivity index (χ1v) is 6.60. The Morgan fingerprint density at radius 3 is 3.05 bits per heavy atom. The quantitative estimate of drug-likeness (QED) is 0.761. The zero-order valence-electron chi connectivity index (χ0n) is 11.9. The first kappa shape index (κ1) is 14.3. The third-order valence-electron chi connectivity index (χ3n) is 2.84. The number of aromatic nitrogens is 3. The molecule has 2 N–H and O–H groups in total. The van der Waals surface area contributed by atoms with Gasteiger partial charge in [0.05, 0.1) is 6.04 Å². The molecule has 0 aliphatic carbocycles. The zero-order valence-corrected chi connectivity index (χ0v) is 11.9. The summed E-state index contributed by atoms with van der Waals surface area (Å²) in [6.45, 7) is 9.11. The second-order valence-corrected chi connectivity index (χ2v) is 4.87. The second kappa shape index (κ2) is 6.86. The van der Waals surface area contributed by atoms with E-state index in [1.807, 2.05) is 32.0 Å². The standard InChI is InChI=1S/C15H20N4O/c1-11(2)9-20-14-6-4-5-13(7-14)8-16-12(3)15-17-10-18-19-15/h4-7,10,12,16H,1,8-9H2,2-3H3,(H,17,18,19)/t12-/m0/s1. The van der Waals surface area contributed by atoms with Crippen molar-refractivity contribution in [2.24, 2.45) is 0 Å². The van der Waals surface area contributed by atoms with Crippen molar-refractivity contribution in [3.8, 4) is 5.75 Å². The number of H-pyrrole nitrogens is 1. The highest BCUT2D eigenvalue weighted by molar-refractivity contribution is 5.28. The predicted molar refractivity (Wildman–Crippen MR) is 78.4 cm³/mol. The number of benzene rings is 1. The minimum Gasteiger partial charge on any atom is -0.489 e. The number of nitrogens with zero attached hydrogens (tertiary/aromatic N) is 2. The molecule has 0 aliphatic rings. The highest BCUT2D eigenvalue weighted by Crippen LogP contribution is 2.15. The number of rotatable bonds is 7. The zero-order chi connectivity index (χ0) is 14.4. The first-order chi connectivity index (χ1) is 9.65. The molecule has 0 fully saturated rings. The topological polar surface area (TPSA) is 62.8 Å². The smallest absolute Gasteiger partial charge is 0.141 e. The van der Waals surface area contributed by atoms with E-state index < -0.39 is 0 Å². The van der Waals surface area contributed by atoms with Gasteiger partial charge in [0.15, 0.2) is 0 Å². The van der Waals surface area contributed by atoms with Gasteiger partial charge in [-0.15, -0.1) is 0 Å². The molecule has 1 aromatic heterocycles. The maximum absolute atomic E-state index is 5.63. The molecule has 5 nitrogen and oxygen atoms in total. The van der Waals surface area contributed by atoms with Crippen LogP contribution in [0.25, 0.3) is 0 Å². The van der Waals surface area contributed by atoms with Gasteiger partial charge in [-0.1, -0.05) is 18.7 Å². The monoisotopic (exact) mass is 272 g/mol. The van der Waals surface area contributed by atoms with Gasteiger partial charge >= 0.3 is 0 Å². The Balaban J connectivity index is 1.89. The third-order valence-corrected chi connectivity index (χ3v) is 2.84. The van der Waals surface area contributed by atoms with Crippen molar-refractivity contribution in [3.05, 3.63) is 54.1 Å². The predicted octanol–water partition coefficient (Wildman–Crippen LogP) is 2.61. The average Bonchev–Trinajstić information content (AvgIpc) is 2.97. The Morgan fingerprint density at radius 2 is 2.35 bits per heavy atom. The maximum Gasteiger partial charge on any atom is 0.141 e. The van der Waals surface area contributed by atoms with Gasteiger partial charge in [-0.3, -0.25) is 5.10 Å². The third kappa shape index (κ3) is 4.20. The van der Waals surface area contributed by atoms with E-state index in [9.17, 15) is 0 Å². The molecule has 2 rings (SSSR count). The first-order valence-electron chi connectivity index (χ1n) is 6.60. The molecule has 0 amide bonds. The summed E-state index contributed by atoms with van der Waals surface area (Å²) in [5.41, 5.74) is 2.17. The van der Waals surface area contributed by atoms with Crippen molar-refractivity contribution >= 4 is 0 Å². The van der Waals surface area contributed by atoms with Crippen LogP contribution in [0.5, 0.6) is 5.75 Å². The lowest BCUT2D eigenvalue weighted by Crippen LogP contribution is -2.19. The van der Waals surface area contributed by atoms with Crippen LogP contribution in [0.3, 0.4) is 0 Å². The Kier molecular flexibility index (Phi) is 4.90. The number of ether oxygens (including phenoxy) is 1. The normalized spacial score (nSPS) is 12.1. The lowest BCUT2D eigenvalue weighted by molar-refractivity contribution is 0.352. The minimum atomic E-state index is 0.123. The van der Waals surface area contributed by atoms with Crippen molar-refractivity contribution < 1.29 is 4.74 Å². The van der Waals surface area contributed by atoms with E-state index in [1.165, 1.54) is 6.33 Å². The molecule has 1 aromatic carbocycles. The second-order valence-electron chi connectivity index (χ2n) is 4.87. The van der Waals surface area contributed by atoms with Crippen molar-refractivity contribution in [2.75, 3.05) is 6.61 Å². The van der Waals surface area contributed by atoms with Gasteiger partial charge in [0.1, 0.15) is 24.5 Å². The molecule has 0 spiro atoms. The van der Waals surface area contributed by atoms with Crippen LogP contribution < -0.4 is 10.1 Å². The van der Waals surface area contributed by atoms with E-state index in [0.717, 1.165) is 29.3 Å². The molecule has 5 heteroatoms. The van der Waals surface area contributed by atoms with Crippen LogP contribution in [0.2, 0.25) is 0 Å². The molecule has 0 bridgehead atoms. The van der Waals surface area contributed by atoms with E-state index in [1.54, 1.807) is 0 Å². The highest BCUT2D eigenvalue weighted by atomic mass is 16.5. The fourth-order valence-corrected chi connectivity index (χ4v) is 1.74. The maximum atomic E-state index is 5.63. The molecule has 0 radical (unpaired) electrons. The Hall–Kier alpha value is -2.14. The lowest BCUT2D eigenvalue weighted by atomic mass is 10.2. The molecule has 0 aliphatic heterocycles. The van der Waals surface area contributed by atoms with Gasteiger partial charge in [-0.05, 0) is 37.1 Å². The summed E-state index contributed by atoms with van der Waals surface area (Å²) in [6, 6.07) is 8.16. The molecule has 20 heavy (non-hydrogen) atoms. The summed E-state index contributed by atoms with van der Waals surface area (Å²) in [6.07, 6.45) is 1.51. The molecular formula is C15H20N4O. The van der Waals surface area contributed by atoms with E-state index in [4.69, 9.17) is 4.74 Å². The Morgan fingerprint density at radius 1 is 1.50 bits per heavy atom. The summed E-state index contributed by atoms with van der Waals surface area (Å²) in [5, 5.41) is 10.1. The van der Waals surface area contributed by atoms with Crippen LogP contribution >= 0.6 is 0 Å². The fourth-order valence-electron chi connectivity index (χ4n) is 1.74. The summed E-state index contributed by atoms with van der Waals surface area (Å²) < 4.78 is 5.63. The Bertz CT molecular complexity index is 551. The Labute approximate surface area is 119 Å². The SMILES string of the molecule is C=C(C)COc1cccc(CN[C@@H](C)c2ncn[nH]2)c1. The van der Waals surface area contributed by atoms with Crippen molar-refractivity contribution in [1.29, 1.82) is 0 Å². The summed E-state index contributed by atoms with van der Waals surface area (Å²) >= 11 is 0. The minimum absolute atomic E-state index is 0.123. The van der Waals surface area contributed by atoms with Crippen molar-refractivity contribution in [1.82, 2.24) is 20.5 Å². The molecule has 1 heterocycles. The van der Waals surface area contributed by atoms with E-state index in [2.05, 4.69) is 33.1 Å². The van der Waals surface area contributed by atoms with Gasteiger partial charge in [0.2, 0.25) is 0 Å². The molecule has 0 unspecified atom stereocenters. The number of hydrogen-bond acceptors (Lipinski definition) is 4. The van der Waals surface area contributed by atoms with Crippen LogP contribution in [-0.4, -0.2) is 21.8 Å². The van der Waals surface area contributed by atoms with Crippen LogP contribution in [0.4, 0.5) is 0 Å². The van der Waals surface area contributed by atoms with Gasteiger partial charge in [0, 0.05) is 6.54 Å². The van der Waals surface area contributed by atoms with Crippen LogP contribution in [0, 0.1) is 0 Å². The average molecular weight is 272 g/mol. The number of aromatic amines is 1. The number of hydrogen-bond donors (Lipinski definition) is 2. The molecule has 0 saturated carbocycles. The molecule has 0 saturated heterocycles. The fraction of sp³-hybridized carbons (Fsp3) is 0.333. The van der Waals surface area contributed by atoms with Gasteiger partial charge in [-0.25, -0.2) is 4.98 Å². The molecule has 106 valence electrons. The van der Waals surface area contributed by atoms with E-state index >= 15 is 0 Å². The van der Waals surface area contributed by atoms with E-state index in [0.29, 0.717) is 6.61 Å². The van der Waals surface area contributed by atoms with Gasteiger partial charge in [-0.2, -0.15) is 5.10 Å². The van der Waals surface area contributed by atoms with Crippen molar-refractivity contribution in [3.63, 3.8) is 0 Å². The van der Waals surface area contributed by atoms with Crippen molar-refractivity contribution in [2.45, 2.75) is 26.4 Å². The van der Waals surface area contributed by atoms with Crippen LogP contribution in [0.1, 0.15) is 31.3 Å². The largest absolute Gasteiger partial charge is 0.489 e. The highest BCUT2D eigenvalue weighted by Gasteiger charge is 2.07. The lowest BCUT2D eigenvalue weighted by Gasteiger charge is -2.12. The van der Waals surface area contributed by atoms with Gasteiger partial charge in [0.25, 0.3) is 0 Å².